The number of carbonyl (C=O) groups is 2. The lowest BCUT2D eigenvalue weighted by molar-refractivity contribution is -0.299. The summed E-state index contributed by atoms with van der Waals surface area (Å²) in [5, 5.41) is 56.4. The molecule has 5 N–H and O–H groups in total. The Morgan fingerprint density at radius 1 is 0.975 bits per heavy atom. The van der Waals surface area contributed by atoms with E-state index in [9.17, 15) is 35.1 Å². The third kappa shape index (κ3) is 7.42. The highest BCUT2D eigenvalue weighted by Crippen LogP contribution is 2.37. The van der Waals surface area contributed by atoms with Crippen LogP contribution in [0.5, 0.6) is 0 Å². The predicted octanol–water partition coefficient (Wildman–Crippen LogP) is 0.860. The van der Waals surface area contributed by atoms with Crippen LogP contribution in [0, 0.1) is 23.7 Å². The molecule has 0 aromatic carbocycles. The summed E-state index contributed by atoms with van der Waals surface area (Å²) in [6, 6.07) is -0.284. The highest BCUT2D eigenvalue weighted by Gasteiger charge is 2.51. The van der Waals surface area contributed by atoms with Crippen LogP contribution in [0.15, 0.2) is 0 Å². The number of hydrogen-bond donors (Lipinski definition) is 5. The number of esters is 1. The van der Waals surface area contributed by atoms with E-state index in [4.69, 9.17) is 14.2 Å². The van der Waals surface area contributed by atoms with E-state index in [1.165, 1.54) is 27.7 Å². The largest absolute Gasteiger partial charge is 0.459 e. The van der Waals surface area contributed by atoms with E-state index < -0.39 is 83.4 Å². The summed E-state index contributed by atoms with van der Waals surface area (Å²) in [5.41, 5.74) is -3.68. The number of hydrogen-bond acceptors (Lipinski definition) is 11. The third-order valence-electron chi connectivity index (χ3n) is 9.08. The highest BCUT2D eigenvalue weighted by molar-refractivity contribution is 5.83. The van der Waals surface area contributed by atoms with Crippen molar-refractivity contribution in [3.05, 3.63) is 0 Å². The number of cyclic esters (lactones) is 1. The maximum Gasteiger partial charge on any atom is 0.311 e. The Hall–Kier alpha value is -1.18. The average Bonchev–Trinajstić information content (AvgIpc) is 2.87. The number of ether oxygens (including phenoxy) is 3. The van der Waals surface area contributed by atoms with E-state index in [-0.39, 0.29) is 25.0 Å². The standard InChI is InChI=1S/C29H53NO10/c1-11-20-29(8,37)24(34)16(4)21(31)14(2)13-28(7,36)25(17(5)22(32)18(6)26(35)39-20)40-27-23(33)19(30(9)10)12-15(3)38-27/h14-20,22-25,27,32-34,36-37H,11-13H2,1-10H3/t14-,15?,16+,17+,18-,19?,20-,22+,23?,24-,25-,27?,28-,29-/m1/s1. The van der Waals surface area contributed by atoms with Gasteiger partial charge in [-0.15, -0.1) is 0 Å². The maximum atomic E-state index is 13.4. The summed E-state index contributed by atoms with van der Waals surface area (Å²) in [5.74, 6) is -5.00. The van der Waals surface area contributed by atoms with Gasteiger partial charge in [-0.05, 0) is 61.1 Å². The smallest absolute Gasteiger partial charge is 0.311 e. The van der Waals surface area contributed by atoms with Gasteiger partial charge in [0.15, 0.2) is 6.29 Å². The fourth-order valence-electron chi connectivity index (χ4n) is 6.41. The van der Waals surface area contributed by atoms with Crippen LogP contribution in [0.2, 0.25) is 0 Å². The third-order valence-corrected chi connectivity index (χ3v) is 9.08. The lowest BCUT2D eigenvalue weighted by Gasteiger charge is -2.47. The molecule has 40 heavy (non-hydrogen) atoms. The Kier molecular flexibility index (Phi) is 11.7. The molecular formula is C29H53NO10. The minimum Gasteiger partial charge on any atom is -0.459 e. The van der Waals surface area contributed by atoms with Crippen LogP contribution in [0.25, 0.3) is 0 Å². The molecule has 0 bridgehead atoms. The number of aliphatic hydroxyl groups excluding tert-OH is 3. The fourth-order valence-corrected chi connectivity index (χ4v) is 6.41. The Morgan fingerprint density at radius 3 is 2.08 bits per heavy atom. The van der Waals surface area contributed by atoms with E-state index in [0.717, 1.165) is 0 Å². The molecule has 0 aromatic heterocycles. The Balaban J connectivity index is 2.55. The van der Waals surface area contributed by atoms with Gasteiger partial charge in [0.1, 0.15) is 23.6 Å². The zero-order chi connectivity index (χ0) is 30.9. The normalized spacial score (nSPS) is 48.5. The number of ketones is 1. The van der Waals surface area contributed by atoms with Gasteiger partial charge in [-0.3, -0.25) is 9.59 Å². The quantitative estimate of drug-likeness (QED) is 0.302. The molecule has 2 rings (SSSR count). The SMILES string of the molecule is CC[C@H]1OC(=O)[C@H](C)[C@@H](O)[C@H](C)[C@@H](OC2OC(C)CC(N(C)C)C2O)[C@](C)(O)C[C@@H](C)C(=O)[C@H](C)[C@@H](O)[C@]1(C)O. The van der Waals surface area contributed by atoms with Crippen LogP contribution in [0.4, 0.5) is 0 Å². The van der Waals surface area contributed by atoms with E-state index in [2.05, 4.69) is 0 Å². The van der Waals surface area contributed by atoms with Crippen LogP contribution in [0.1, 0.15) is 74.7 Å². The van der Waals surface area contributed by atoms with E-state index in [1.807, 2.05) is 25.9 Å². The van der Waals surface area contributed by atoms with Crippen LogP contribution >= 0.6 is 0 Å². The minimum absolute atomic E-state index is 0.113. The first-order valence-corrected chi connectivity index (χ1v) is 14.5. The molecule has 0 spiro atoms. The second-order valence-corrected chi connectivity index (χ2v) is 12.9. The van der Waals surface area contributed by atoms with Gasteiger partial charge in [-0.2, -0.15) is 0 Å². The molecule has 0 amide bonds. The number of aliphatic hydroxyl groups is 5. The number of rotatable bonds is 4. The fraction of sp³-hybridized carbons (Fsp3) is 0.931. The second-order valence-electron chi connectivity index (χ2n) is 12.9. The monoisotopic (exact) mass is 575 g/mol. The first kappa shape index (κ1) is 35.0. The van der Waals surface area contributed by atoms with Crippen LogP contribution in [-0.2, 0) is 23.8 Å². The van der Waals surface area contributed by atoms with Gasteiger partial charge in [-0.1, -0.05) is 27.7 Å². The highest BCUT2D eigenvalue weighted by atomic mass is 16.7. The molecule has 2 aliphatic rings. The van der Waals surface area contributed by atoms with Gasteiger partial charge in [0.2, 0.25) is 0 Å². The lowest BCUT2D eigenvalue weighted by atomic mass is 9.74. The summed E-state index contributed by atoms with van der Waals surface area (Å²) in [6.07, 6.45) is -7.11. The van der Waals surface area contributed by atoms with Gasteiger partial charge in [0, 0.05) is 23.8 Å². The molecule has 0 radical (unpaired) electrons. The van der Waals surface area contributed by atoms with Crippen molar-refractivity contribution in [3.8, 4) is 0 Å². The first-order valence-electron chi connectivity index (χ1n) is 14.5. The van der Waals surface area contributed by atoms with Gasteiger partial charge in [0.25, 0.3) is 0 Å². The Bertz CT molecular complexity index is 864. The lowest BCUT2D eigenvalue weighted by Crippen LogP contribution is -2.60. The molecule has 234 valence electrons. The minimum atomic E-state index is -1.94. The molecule has 0 saturated carbocycles. The van der Waals surface area contributed by atoms with Crippen molar-refractivity contribution in [3.63, 3.8) is 0 Å². The first-order chi connectivity index (χ1) is 18.3. The van der Waals surface area contributed by atoms with Crippen molar-refractivity contribution in [1.82, 2.24) is 4.90 Å². The zero-order valence-corrected chi connectivity index (χ0v) is 25.8. The van der Waals surface area contributed by atoms with Crippen LogP contribution in [-0.4, -0.2) is 116 Å². The topological polar surface area (TPSA) is 166 Å². The Labute approximate surface area is 238 Å². The van der Waals surface area contributed by atoms with Crippen molar-refractivity contribution in [2.75, 3.05) is 14.1 Å². The molecule has 0 aromatic rings. The zero-order valence-electron chi connectivity index (χ0n) is 25.8. The van der Waals surface area contributed by atoms with Gasteiger partial charge < -0.3 is 44.6 Å². The average molecular weight is 576 g/mol. The Morgan fingerprint density at radius 2 is 1.55 bits per heavy atom. The molecule has 2 aliphatic heterocycles. The van der Waals surface area contributed by atoms with Gasteiger partial charge in [0.05, 0.1) is 35.9 Å². The molecule has 4 unspecified atom stereocenters. The predicted molar refractivity (Wildman–Crippen MR) is 147 cm³/mol. The molecule has 2 fully saturated rings. The molecule has 11 nitrogen and oxygen atoms in total. The van der Waals surface area contributed by atoms with Crippen molar-refractivity contribution < 1.29 is 49.3 Å². The summed E-state index contributed by atoms with van der Waals surface area (Å²) in [4.78, 5) is 28.4. The van der Waals surface area contributed by atoms with Crippen LogP contribution < -0.4 is 0 Å². The molecule has 11 heteroatoms. The number of carbonyl (C=O) groups excluding carboxylic acids is 2. The van der Waals surface area contributed by atoms with Crippen molar-refractivity contribution in [2.24, 2.45) is 23.7 Å². The molecule has 2 saturated heterocycles. The van der Waals surface area contributed by atoms with Crippen LogP contribution in [0.3, 0.4) is 0 Å². The molecule has 14 atom stereocenters. The van der Waals surface area contributed by atoms with E-state index in [0.29, 0.717) is 6.42 Å². The summed E-state index contributed by atoms with van der Waals surface area (Å²) < 4.78 is 17.8. The maximum absolute atomic E-state index is 13.4. The molecule has 2 heterocycles. The molecule has 0 aliphatic carbocycles. The molecular weight excluding hydrogens is 522 g/mol. The van der Waals surface area contributed by atoms with Crippen molar-refractivity contribution in [2.45, 2.75) is 135 Å². The van der Waals surface area contributed by atoms with Crippen molar-refractivity contribution >= 4 is 11.8 Å². The van der Waals surface area contributed by atoms with Gasteiger partial charge in [-0.25, -0.2) is 0 Å². The van der Waals surface area contributed by atoms with Gasteiger partial charge >= 0.3 is 5.97 Å². The summed E-state index contributed by atoms with van der Waals surface area (Å²) in [6.45, 7) is 12.5. The number of likely N-dealkylation sites (N-methyl/N-ethyl adjacent to an activating group) is 1. The van der Waals surface area contributed by atoms with Crippen molar-refractivity contribution in [1.29, 1.82) is 0 Å². The number of Topliss-reactive ketones (excluding diaryl/α,β-unsaturated/α-hetero) is 1. The number of nitrogens with zero attached hydrogens (tertiary/aromatic N) is 1. The summed E-state index contributed by atoms with van der Waals surface area (Å²) >= 11 is 0. The van der Waals surface area contributed by atoms with E-state index in [1.54, 1.807) is 20.8 Å². The second kappa shape index (κ2) is 13.4. The summed E-state index contributed by atoms with van der Waals surface area (Å²) in [7, 11) is 3.67. The van der Waals surface area contributed by atoms with E-state index >= 15 is 0 Å².